The van der Waals surface area contributed by atoms with E-state index in [0.29, 0.717) is 0 Å². The Bertz CT molecular complexity index is 22.5. The molecule has 2 radical (unpaired) electrons. The van der Waals surface area contributed by atoms with Crippen LogP contribution in [0.5, 0.6) is 0 Å². The van der Waals surface area contributed by atoms with E-state index in [1.807, 2.05) is 0 Å². The van der Waals surface area contributed by atoms with Gasteiger partial charge in [0.15, 0.2) is 0 Å². The molecule has 4 heavy (non-hydrogen) atoms. The molecule has 0 unspecified atom stereocenters. The second-order valence-corrected chi connectivity index (χ2v) is 4.03. The molecule has 0 aromatic rings. The minimum absolute atomic E-state index is 1.21. The summed E-state index contributed by atoms with van der Waals surface area (Å²) >= 11 is 1.51. The normalized spacial score (nSPS) is 26.0. The molecule has 1 rings (SSSR count). The average molecular weight is 156 g/mol. The van der Waals surface area contributed by atoms with Crippen LogP contribution >= 0.6 is 0 Å². The molecule has 1 aliphatic rings. The van der Waals surface area contributed by atoms with E-state index in [4.69, 9.17) is 0 Å². The van der Waals surface area contributed by atoms with Crippen molar-refractivity contribution >= 4 is 24.4 Å². The van der Waals surface area contributed by atoms with Gasteiger partial charge in [-0.05, 0) is 0 Å². The zero-order valence-electron chi connectivity index (χ0n) is 2.57. The van der Waals surface area contributed by atoms with Crippen molar-refractivity contribution in [1.82, 2.24) is 0 Å². The molecule has 0 aromatic carbocycles. The van der Waals surface area contributed by atoms with Gasteiger partial charge in [-0.3, -0.25) is 0 Å². The maximum atomic E-state index is 1.54. The second-order valence-electron chi connectivity index (χ2n) is 1.34. The van der Waals surface area contributed by atoms with Gasteiger partial charge < -0.3 is 0 Å². The molecule has 0 atom stereocenters. The van der Waals surface area contributed by atoms with E-state index >= 15 is 0 Å². The molecule has 1 heteroatoms. The third kappa shape index (κ3) is 0.670. The monoisotopic (exact) mass is 156 g/mol. The first-order chi connectivity index (χ1) is 1.89. The third-order valence-corrected chi connectivity index (χ3v) is 2.52. The summed E-state index contributed by atoms with van der Waals surface area (Å²) in [6.45, 7) is 0. The van der Waals surface area contributed by atoms with Gasteiger partial charge in [0.25, 0.3) is 0 Å². The van der Waals surface area contributed by atoms with Crippen LogP contribution in [0.15, 0.2) is 0 Å². The third-order valence-electron chi connectivity index (χ3n) is 0.622. The van der Waals surface area contributed by atoms with Crippen molar-refractivity contribution in [3.8, 4) is 0 Å². The number of rotatable bonds is 0. The maximum absolute atomic E-state index is 1.54. The molecule has 0 aromatic heterocycles. The average Bonchev–Trinajstić information content (AvgIpc) is 1.75. The summed E-state index contributed by atoms with van der Waals surface area (Å²) in [6.07, 6.45) is 3.09. The molecule has 0 N–H and O–H groups in total. The molecular formula is C3H5In. The zero-order valence-corrected chi connectivity index (χ0v) is 5.86. The van der Waals surface area contributed by atoms with Crippen molar-refractivity contribution < 1.29 is 0 Å². The van der Waals surface area contributed by atoms with Crippen molar-refractivity contribution in [2.45, 2.75) is 16.5 Å². The van der Waals surface area contributed by atoms with Crippen molar-refractivity contribution in [3.63, 3.8) is 0 Å². The molecule has 0 aliphatic heterocycles. The second kappa shape index (κ2) is 0.925. The molecule has 0 saturated heterocycles. The van der Waals surface area contributed by atoms with Crippen LogP contribution in [-0.4, -0.2) is 24.4 Å². The Hall–Kier alpha value is 0.870. The van der Waals surface area contributed by atoms with Gasteiger partial charge in [0.2, 0.25) is 0 Å². The molecule has 1 saturated carbocycles. The fraction of sp³-hybridized carbons (Fsp3) is 1.00. The van der Waals surface area contributed by atoms with Crippen molar-refractivity contribution in [3.05, 3.63) is 0 Å². The first-order valence-electron chi connectivity index (χ1n) is 1.65. The fourth-order valence-electron chi connectivity index (χ4n) is 0.0962. The van der Waals surface area contributed by atoms with E-state index in [1.165, 1.54) is 28.0 Å². The minimum atomic E-state index is 1.21. The summed E-state index contributed by atoms with van der Waals surface area (Å²) in [5.74, 6) is 0. The van der Waals surface area contributed by atoms with Crippen LogP contribution in [0.25, 0.3) is 0 Å². The summed E-state index contributed by atoms with van der Waals surface area (Å²) in [6, 6.07) is 0. The quantitative estimate of drug-likeness (QED) is 0.485. The standard InChI is InChI=1S/C3H5.In/c1-2-3-1;/h1H,2-3H2;. The Morgan fingerprint density at radius 1 is 1.50 bits per heavy atom. The van der Waals surface area contributed by atoms with E-state index < -0.39 is 0 Å². The number of hydrogen-bond acceptors (Lipinski definition) is 0. The van der Waals surface area contributed by atoms with Crippen LogP contribution in [0.4, 0.5) is 0 Å². The van der Waals surface area contributed by atoms with Crippen LogP contribution in [0.2, 0.25) is 3.67 Å². The predicted octanol–water partition coefficient (Wildman–Crippen LogP) is 0.737. The topological polar surface area (TPSA) is 0 Å². The molecule has 20 valence electrons. The summed E-state index contributed by atoms with van der Waals surface area (Å²) in [7, 11) is 0. The van der Waals surface area contributed by atoms with Crippen LogP contribution < -0.4 is 0 Å². The van der Waals surface area contributed by atoms with Crippen LogP contribution in [0.1, 0.15) is 12.8 Å². The summed E-state index contributed by atoms with van der Waals surface area (Å²) in [5.41, 5.74) is 0. The van der Waals surface area contributed by atoms with Gasteiger partial charge in [-0.25, -0.2) is 0 Å². The number of hydrogen-bond donors (Lipinski definition) is 0. The van der Waals surface area contributed by atoms with Crippen molar-refractivity contribution in [2.75, 3.05) is 0 Å². The van der Waals surface area contributed by atoms with Gasteiger partial charge in [-0.15, -0.1) is 0 Å². The molecule has 0 bridgehead atoms. The molecule has 0 nitrogen and oxygen atoms in total. The summed E-state index contributed by atoms with van der Waals surface area (Å²) < 4.78 is 1.21. The molecule has 1 aliphatic carbocycles. The van der Waals surface area contributed by atoms with E-state index in [2.05, 4.69) is 0 Å². The molecule has 0 amide bonds. The Balaban J connectivity index is 2.17. The Kier molecular flexibility index (Phi) is 0.711. The Labute approximate surface area is 41.2 Å². The van der Waals surface area contributed by atoms with Crippen molar-refractivity contribution in [1.29, 1.82) is 0 Å². The predicted molar refractivity (Wildman–Crippen MR) is 18.7 cm³/mol. The van der Waals surface area contributed by atoms with Gasteiger partial charge >= 0.3 is 40.9 Å². The van der Waals surface area contributed by atoms with Crippen LogP contribution in [0.3, 0.4) is 0 Å². The van der Waals surface area contributed by atoms with E-state index in [0.717, 1.165) is 0 Å². The van der Waals surface area contributed by atoms with Gasteiger partial charge in [0.05, 0.1) is 0 Å². The molecule has 1 fully saturated rings. The van der Waals surface area contributed by atoms with Crippen molar-refractivity contribution in [2.24, 2.45) is 0 Å². The fourth-order valence-corrected chi connectivity index (χ4v) is 0.645. The van der Waals surface area contributed by atoms with Gasteiger partial charge in [-0.1, -0.05) is 0 Å². The SMILES string of the molecule is [In][CH]1CC1. The molecular weight excluding hydrogens is 151 g/mol. The first-order valence-corrected chi connectivity index (χ1v) is 3.55. The van der Waals surface area contributed by atoms with E-state index in [-0.39, 0.29) is 0 Å². The Morgan fingerprint density at radius 2 is 1.75 bits per heavy atom. The molecule has 0 heterocycles. The Morgan fingerprint density at radius 3 is 1.75 bits per heavy atom. The molecule has 0 spiro atoms. The van der Waals surface area contributed by atoms with Crippen LogP contribution in [-0.2, 0) is 0 Å². The van der Waals surface area contributed by atoms with E-state index in [1.54, 1.807) is 12.8 Å². The van der Waals surface area contributed by atoms with Gasteiger partial charge in [-0.2, -0.15) is 0 Å². The van der Waals surface area contributed by atoms with Gasteiger partial charge in [0.1, 0.15) is 0 Å². The zero-order chi connectivity index (χ0) is 2.99. The summed E-state index contributed by atoms with van der Waals surface area (Å²) in [5, 5.41) is 0. The van der Waals surface area contributed by atoms with E-state index in [9.17, 15) is 0 Å². The first kappa shape index (κ1) is 3.08. The van der Waals surface area contributed by atoms with Gasteiger partial charge in [0, 0.05) is 0 Å². The van der Waals surface area contributed by atoms with Crippen LogP contribution in [0, 0.1) is 0 Å². The summed E-state index contributed by atoms with van der Waals surface area (Å²) in [4.78, 5) is 0.